The van der Waals surface area contributed by atoms with Gasteiger partial charge in [0.15, 0.2) is 15.3 Å². The van der Waals surface area contributed by atoms with Gasteiger partial charge in [0, 0.05) is 40.7 Å². The van der Waals surface area contributed by atoms with Gasteiger partial charge >= 0.3 is 0 Å². The van der Waals surface area contributed by atoms with Crippen LogP contribution in [-0.2, 0) is 0 Å². The Morgan fingerprint density at radius 3 is 2.86 bits per heavy atom. The van der Waals surface area contributed by atoms with E-state index >= 15 is 0 Å². The van der Waals surface area contributed by atoms with Gasteiger partial charge in [-0.15, -0.1) is 22.7 Å². The van der Waals surface area contributed by atoms with Crippen molar-refractivity contribution in [2.75, 3.05) is 5.75 Å². The Morgan fingerprint density at radius 1 is 1.32 bits per heavy atom. The molecule has 4 aromatic rings. The molecule has 0 unspecified atom stereocenters. The van der Waals surface area contributed by atoms with E-state index < -0.39 is 4.92 Å². The molecule has 0 atom stereocenters. The Morgan fingerprint density at radius 2 is 2.14 bits per heavy atom. The van der Waals surface area contributed by atoms with Crippen LogP contribution in [0.3, 0.4) is 0 Å². The van der Waals surface area contributed by atoms with E-state index in [1.54, 1.807) is 12.3 Å². The van der Waals surface area contributed by atoms with Crippen LogP contribution in [0.25, 0.3) is 15.3 Å². The number of aryl methyl sites for hydroxylation is 1. The smallest absolute Gasteiger partial charge is 0.270 e. The van der Waals surface area contributed by atoms with E-state index in [9.17, 15) is 14.9 Å². The molecule has 0 aliphatic heterocycles. The summed E-state index contributed by atoms with van der Waals surface area (Å²) in [7, 11) is 0. The molecule has 3 heterocycles. The van der Waals surface area contributed by atoms with Crippen molar-refractivity contribution in [3.8, 4) is 5.13 Å². The summed E-state index contributed by atoms with van der Waals surface area (Å²) < 4.78 is 3.45. The van der Waals surface area contributed by atoms with Crippen LogP contribution >= 0.6 is 34.4 Å². The van der Waals surface area contributed by atoms with Gasteiger partial charge in [0.05, 0.1) is 20.9 Å². The maximum Gasteiger partial charge on any atom is 0.270 e. The lowest BCUT2D eigenvalue weighted by Crippen LogP contribution is -2.05. The molecule has 0 aliphatic rings. The number of nitro groups is 1. The molecular weight excluding hydrogens is 416 g/mol. The molecule has 1 aromatic carbocycles. The van der Waals surface area contributed by atoms with Gasteiger partial charge in [-0.3, -0.25) is 19.5 Å². The number of nitrogens with zero attached hydrogens (tertiary/aromatic N) is 4. The minimum atomic E-state index is -0.423. The molecule has 28 heavy (non-hydrogen) atoms. The molecule has 7 nitrogen and oxygen atoms in total. The molecule has 0 N–H and O–H groups in total. The minimum absolute atomic E-state index is 0.0196. The molecule has 0 bridgehead atoms. The number of fused-ring (bicyclic) bond motifs is 1. The third-order valence-corrected chi connectivity index (χ3v) is 7.15. The zero-order valence-electron chi connectivity index (χ0n) is 14.9. The van der Waals surface area contributed by atoms with Gasteiger partial charge in [-0.25, -0.2) is 9.97 Å². The first-order chi connectivity index (χ1) is 13.4. The Kier molecular flexibility index (Phi) is 5.00. The minimum Gasteiger partial charge on any atom is -0.294 e. The molecule has 0 fully saturated rings. The Bertz CT molecular complexity index is 1190. The van der Waals surface area contributed by atoms with Crippen LogP contribution in [0, 0.1) is 24.0 Å². The van der Waals surface area contributed by atoms with Gasteiger partial charge in [0.1, 0.15) is 0 Å². The van der Waals surface area contributed by atoms with Gasteiger partial charge in [-0.1, -0.05) is 11.8 Å². The van der Waals surface area contributed by atoms with Crippen LogP contribution in [-0.4, -0.2) is 31.0 Å². The third kappa shape index (κ3) is 3.46. The van der Waals surface area contributed by atoms with E-state index in [4.69, 9.17) is 0 Å². The van der Waals surface area contributed by atoms with Crippen LogP contribution in [0.4, 0.5) is 5.69 Å². The van der Waals surface area contributed by atoms with Crippen molar-refractivity contribution in [1.29, 1.82) is 0 Å². The highest BCUT2D eigenvalue weighted by Crippen LogP contribution is 2.32. The number of aromatic nitrogens is 3. The van der Waals surface area contributed by atoms with E-state index in [1.807, 2.05) is 29.9 Å². The standard InChI is InChI=1S/C18H14N4O3S3/c1-10-7-13(11(2)21(10)17-19-5-6-26-17)15(23)9-27-18-20-14-4-3-12(22(24)25)8-16(14)28-18/h3-8H,9H2,1-2H3. The summed E-state index contributed by atoms with van der Waals surface area (Å²) in [6.45, 7) is 3.88. The molecule has 0 aliphatic carbocycles. The SMILES string of the molecule is Cc1cc(C(=O)CSc2nc3ccc([N+](=O)[O-])cc3s2)c(C)n1-c1nccs1. The van der Waals surface area contributed by atoms with E-state index in [2.05, 4.69) is 9.97 Å². The van der Waals surface area contributed by atoms with E-state index in [-0.39, 0.29) is 17.2 Å². The maximum atomic E-state index is 12.8. The number of carbonyl (C=O) groups is 1. The number of rotatable bonds is 6. The van der Waals surface area contributed by atoms with Gasteiger partial charge in [-0.2, -0.15) is 0 Å². The Labute approximate surface area is 172 Å². The summed E-state index contributed by atoms with van der Waals surface area (Å²) in [4.78, 5) is 32.0. The van der Waals surface area contributed by atoms with Crippen molar-refractivity contribution in [3.63, 3.8) is 0 Å². The van der Waals surface area contributed by atoms with E-state index in [1.165, 1.54) is 46.6 Å². The van der Waals surface area contributed by atoms with Crippen LogP contribution in [0.2, 0.25) is 0 Å². The van der Waals surface area contributed by atoms with Crippen LogP contribution < -0.4 is 0 Å². The average molecular weight is 431 g/mol. The number of benzene rings is 1. The van der Waals surface area contributed by atoms with Crippen molar-refractivity contribution in [1.82, 2.24) is 14.5 Å². The quantitative estimate of drug-likeness (QED) is 0.184. The highest BCUT2D eigenvalue weighted by molar-refractivity contribution is 8.01. The molecule has 4 rings (SSSR count). The van der Waals surface area contributed by atoms with Gasteiger partial charge < -0.3 is 0 Å². The van der Waals surface area contributed by atoms with Crippen molar-refractivity contribution in [2.45, 2.75) is 18.2 Å². The summed E-state index contributed by atoms with van der Waals surface area (Å²) in [6.07, 6.45) is 1.74. The molecule has 142 valence electrons. The number of hydrogen-bond acceptors (Lipinski definition) is 8. The molecule has 0 saturated carbocycles. The normalized spacial score (nSPS) is 11.2. The predicted molar refractivity (Wildman–Crippen MR) is 112 cm³/mol. The number of thioether (sulfide) groups is 1. The van der Waals surface area contributed by atoms with Crippen LogP contribution in [0.1, 0.15) is 21.7 Å². The highest BCUT2D eigenvalue weighted by Gasteiger charge is 2.19. The Hall–Kier alpha value is -2.56. The summed E-state index contributed by atoms with van der Waals surface area (Å²) in [5, 5.41) is 13.7. The molecule has 0 saturated heterocycles. The lowest BCUT2D eigenvalue weighted by molar-refractivity contribution is -0.384. The fraction of sp³-hybridized carbons (Fsp3) is 0.167. The molecule has 0 radical (unpaired) electrons. The number of hydrogen-bond donors (Lipinski definition) is 0. The first kappa shape index (κ1) is 18.8. The maximum absolute atomic E-state index is 12.8. The average Bonchev–Trinajstić information content (AvgIpc) is 3.37. The van der Waals surface area contributed by atoms with E-state index in [0.717, 1.165) is 25.6 Å². The predicted octanol–water partition coefficient (Wildman–Crippen LogP) is 5.04. The number of Topliss-reactive ketones (excluding diaryl/α,β-unsaturated/α-hetero) is 1. The zero-order valence-corrected chi connectivity index (χ0v) is 17.4. The van der Waals surface area contributed by atoms with Crippen LogP contribution in [0.5, 0.6) is 0 Å². The molecule has 0 amide bonds. The van der Waals surface area contributed by atoms with Crippen molar-refractivity contribution < 1.29 is 9.72 Å². The summed E-state index contributed by atoms with van der Waals surface area (Å²) >= 11 is 4.23. The van der Waals surface area contributed by atoms with Crippen molar-refractivity contribution in [2.24, 2.45) is 0 Å². The lowest BCUT2D eigenvalue weighted by atomic mass is 10.2. The fourth-order valence-corrected chi connectivity index (χ4v) is 5.67. The second-order valence-electron chi connectivity index (χ2n) is 6.04. The van der Waals surface area contributed by atoms with Gasteiger partial charge in [0.25, 0.3) is 5.69 Å². The molecule has 10 heteroatoms. The number of thiazole rings is 2. The Balaban J connectivity index is 1.53. The van der Waals surface area contributed by atoms with Gasteiger partial charge in [-0.05, 0) is 26.0 Å². The first-order valence-corrected chi connectivity index (χ1v) is 10.9. The molecule has 0 spiro atoms. The number of nitro benzene ring substituents is 1. The summed E-state index contributed by atoms with van der Waals surface area (Å²) in [5.74, 6) is 0.274. The van der Waals surface area contributed by atoms with Crippen LogP contribution in [0.15, 0.2) is 40.2 Å². The largest absolute Gasteiger partial charge is 0.294 e. The summed E-state index contributed by atoms with van der Waals surface area (Å²) in [5.41, 5.74) is 3.26. The number of carbonyl (C=O) groups excluding carboxylic acids is 1. The highest BCUT2D eigenvalue weighted by atomic mass is 32.2. The summed E-state index contributed by atoms with van der Waals surface area (Å²) in [6, 6.07) is 6.48. The monoisotopic (exact) mass is 430 g/mol. The second kappa shape index (κ2) is 7.46. The van der Waals surface area contributed by atoms with Crippen molar-refractivity contribution >= 4 is 56.1 Å². The topological polar surface area (TPSA) is 90.9 Å². The van der Waals surface area contributed by atoms with Crippen molar-refractivity contribution in [3.05, 3.63) is 62.9 Å². The zero-order chi connectivity index (χ0) is 19.8. The number of ketones is 1. The lowest BCUT2D eigenvalue weighted by Gasteiger charge is -2.05. The van der Waals surface area contributed by atoms with Gasteiger partial charge in [0.2, 0.25) is 0 Å². The second-order valence-corrected chi connectivity index (χ2v) is 9.16. The fourth-order valence-electron chi connectivity index (χ4n) is 2.94. The molecular formula is C18H14N4O3S3. The molecule has 3 aromatic heterocycles. The van der Waals surface area contributed by atoms with E-state index in [0.29, 0.717) is 11.1 Å². The number of non-ortho nitro benzene ring substituents is 1. The first-order valence-electron chi connectivity index (χ1n) is 8.24. The third-order valence-electron chi connectivity index (χ3n) is 4.23.